The maximum atomic E-state index is 10.8. The molecular weight excluding hydrogens is 176 g/mol. The van der Waals surface area contributed by atoms with Gasteiger partial charge in [0, 0.05) is 6.08 Å². The number of esters is 1. The largest absolute Gasteiger partial charge is 0.466 e. The molecule has 0 aliphatic rings. The predicted molar refractivity (Wildman–Crippen MR) is 57.0 cm³/mol. The number of carbonyl (C=O) groups is 1. The molecule has 0 aliphatic carbocycles. The number of hydrogen-bond donors (Lipinski definition) is 0. The van der Waals surface area contributed by atoms with E-state index in [-0.39, 0.29) is 5.97 Å². The van der Waals surface area contributed by atoms with E-state index in [0.717, 1.165) is 5.56 Å². The third kappa shape index (κ3) is 2.73. The highest BCUT2D eigenvalue weighted by molar-refractivity contribution is 5.86. The van der Waals surface area contributed by atoms with E-state index >= 15 is 0 Å². The maximum absolute atomic E-state index is 10.8. The third-order valence-corrected chi connectivity index (χ3v) is 2.14. The van der Waals surface area contributed by atoms with Gasteiger partial charge >= 0.3 is 5.97 Å². The van der Waals surface area contributed by atoms with Gasteiger partial charge in [-0.15, -0.1) is 0 Å². The zero-order chi connectivity index (χ0) is 10.6. The number of aryl methyl sites for hydroxylation is 2. The van der Waals surface area contributed by atoms with Crippen LogP contribution in [-0.4, -0.2) is 13.1 Å². The van der Waals surface area contributed by atoms with Crippen molar-refractivity contribution in [2.24, 2.45) is 0 Å². The number of rotatable bonds is 2. The lowest BCUT2D eigenvalue weighted by Crippen LogP contribution is -1.93. The first-order valence-corrected chi connectivity index (χ1v) is 4.47. The van der Waals surface area contributed by atoms with Gasteiger partial charge in [-0.1, -0.05) is 18.2 Å². The molecule has 74 valence electrons. The Morgan fingerprint density at radius 3 is 2.57 bits per heavy atom. The van der Waals surface area contributed by atoms with Crippen molar-refractivity contribution in [3.05, 3.63) is 41.0 Å². The van der Waals surface area contributed by atoms with Gasteiger partial charge < -0.3 is 4.74 Å². The molecule has 0 unspecified atom stereocenters. The molecule has 2 heteroatoms. The summed E-state index contributed by atoms with van der Waals surface area (Å²) >= 11 is 0. The van der Waals surface area contributed by atoms with E-state index < -0.39 is 0 Å². The fourth-order valence-electron chi connectivity index (χ4n) is 1.10. The van der Waals surface area contributed by atoms with E-state index in [2.05, 4.69) is 11.7 Å². The van der Waals surface area contributed by atoms with Gasteiger partial charge in [0.15, 0.2) is 0 Å². The van der Waals surface area contributed by atoms with Crippen LogP contribution in [0.3, 0.4) is 0 Å². The van der Waals surface area contributed by atoms with Crippen LogP contribution in [0.25, 0.3) is 6.08 Å². The minimum absolute atomic E-state index is 0.330. The second kappa shape index (κ2) is 4.61. The first kappa shape index (κ1) is 10.5. The van der Waals surface area contributed by atoms with Crippen LogP contribution in [-0.2, 0) is 9.53 Å². The van der Waals surface area contributed by atoms with Crippen molar-refractivity contribution in [3.63, 3.8) is 0 Å². The summed E-state index contributed by atoms with van der Waals surface area (Å²) in [4.78, 5) is 10.8. The van der Waals surface area contributed by atoms with Crippen molar-refractivity contribution in [1.82, 2.24) is 0 Å². The number of hydrogen-bond acceptors (Lipinski definition) is 2. The first-order chi connectivity index (χ1) is 6.63. The summed E-state index contributed by atoms with van der Waals surface area (Å²) in [5.41, 5.74) is 3.48. The normalized spacial score (nSPS) is 10.5. The highest BCUT2D eigenvalue weighted by Gasteiger charge is 1.94. The van der Waals surface area contributed by atoms with Gasteiger partial charge in [0.1, 0.15) is 0 Å². The molecule has 0 saturated carbocycles. The quantitative estimate of drug-likeness (QED) is 0.529. The average Bonchev–Trinajstić information content (AvgIpc) is 2.19. The fourth-order valence-corrected chi connectivity index (χ4v) is 1.10. The van der Waals surface area contributed by atoms with Gasteiger partial charge in [0.25, 0.3) is 0 Å². The lowest BCUT2D eigenvalue weighted by molar-refractivity contribution is -0.134. The minimum atomic E-state index is -0.330. The van der Waals surface area contributed by atoms with Gasteiger partial charge in [-0.2, -0.15) is 0 Å². The molecule has 0 N–H and O–H groups in total. The number of carbonyl (C=O) groups excluding carboxylic acids is 1. The molecule has 0 radical (unpaired) electrons. The van der Waals surface area contributed by atoms with Gasteiger partial charge in [-0.3, -0.25) is 0 Å². The van der Waals surface area contributed by atoms with Crippen LogP contribution in [0.5, 0.6) is 0 Å². The standard InChI is InChI=1S/C12H14O2/c1-9-4-5-11(8-10(9)2)6-7-12(13)14-3/h4-8H,1-3H3. The summed E-state index contributed by atoms with van der Waals surface area (Å²) < 4.78 is 4.50. The summed E-state index contributed by atoms with van der Waals surface area (Å²) in [6, 6.07) is 6.04. The molecule has 0 saturated heterocycles. The number of benzene rings is 1. The Morgan fingerprint density at radius 1 is 1.29 bits per heavy atom. The lowest BCUT2D eigenvalue weighted by Gasteiger charge is -2.00. The van der Waals surface area contributed by atoms with E-state index in [1.54, 1.807) is 6.08 Å². The van der Waals surface area contributed by atoms with Gasteiger partial charge in [0.05, 0.1) is 7.11 Å². The Bertz CT molecular complexity index is 365. The highest BCUT2D eigenvalue weighted by Crippen LogP contribution is 2.10. The minimum Gasteiger partial charge on any atom is -0.466 e. The monoisotopic (exact) mass is 190 g/mol. The van der Waals surface area contributed by atoms with Gasteiger partial charge in [0.2, 0.25) is 0 Å². The second-order valence-corrected chi connectivity index (χ2v) is 3.20. The number of methoxy groups -OCH3 is 1. The average molecular weight is 190 g/mol. The molecule has 0 aliphatic heterocycles. The smallest absolute Gasteiger partial charge is 0.330 e. The van der Waals surface area contributed by atoms with Crippen LogP contribution < -0.4 is 0 Å². The molecule has 1 aromatic carbocycles. The molecule has 0 aromatic heterocycles. The molecule has 2 nitrogen and oxygen atoms in total. The molecule has 0 heterocycles. The van der Waals surface area contributed by atoms with Crippen molar-refractivity contribution >= 4 is 12.0 Å². The van der Waals surface area contributed by atoms with Crippen LogP contribution >= 0.6 is 0 Å². The Balaban J connectivity index is 2.83. The molecule has 1 aromatic rings. The Hall–Kier alpha value is -1.57. The summed E-state index contributed by atoms with van der Waals surface area (Å²) in [6.45, 7) is 4.11. The van der Waals surface area contributed by atoms with Crippen LogP contribution in [0.4, 0.5) is 0 Å². The van der Waals surface area contributed by atoms with Crippen molar-refractivity contribution in [2.75, 3.05) is 7.11 Å². The molecule has 0 atom stereocenters. The Morgan fingerprint density at radius 2 is 2.00 bits per heavy atom. The molecule has 14 heavy (non-hydrogen) atoms. The van der Waals surface area contributed by atoms with E-state index in [1.807, 2.05) is 25.1 Å². The van der Waals surface area contributed by atoms with E-state index in [0.29, 0.717) is 0 Å². The summed E-state index contributed by atoms with van der Waals surface area (Å²) in [5.74, 6) is -0.330. The van der Waals surface area contributed by atoms with E-state index in [1.165, 1.54) is 24.3 Å². The maximum Gasteiger partial charge on any atom is 0.330 e. The zero-order valence-electron chi connectivity index (χ0n) is 8.70. The lowest BCUT2D eigenvalue weighted by atomic mass is 10.1. The predicted octanol–water partition coefficient (Wildman–Crippen LogP) is 2.49. The molecule has 0 bridgehead atoms. The van der Waals surface area contributed by atoms with E-state index in [4.69, 9.17) is 0 Å². The highest BCUT2D eigenvalue weighted by atomic mass is 16.5. The van der Waals surface area contributed by atoms with Crippen molar-refractivity contribution < 1.29 is 9.53 Å². The van der Waals surface area contributed by atoms with Crippen LogP contribution in [0.1, 0.15) is 16.7 Å². The molecule has 0 amide bonds. The molecule has 1 rings (SSSR count). The van der Waals surface area contributed by atoms with Gasteiger partial charge in [-0.05, 0) is 36.6 Å². The van der Waals surface area contributed by atoms with E-state index in [9.17, 15) is 4.79 Å². The summed E-state index contributed by atoms with van der Waals surface area (Å²) in [6.07, 6.45) is 3.17. The van der Waals surface area contributed by atoms with Crippen molar-refractivity contribution in [2.45, 2.75) is 13.8 Å². The fraction of sp³-hybridized carbons (Fsp3) is 0.250. The van der Waals surface area contributed by atoms with Crippen LogP contribution in [0.15, 0.2) is 24.3 Å². The molecule has 0 spiro atoms. The van der Waals surface area contributed by atoms with Crippen LogP contribution in [0, 0.1) is 13.8 Å². The molecule has 0 fully saturated rings. The number of ether oxygens (including phenoxy) is 1. The van der Waals surface area contributed by atoms with Crippen LogP contribution in [0.2, 0.25) is 0 Å². The Labute approximate surface area is 84.2 Å². The first-order valence-electron chi connectivity index (χ1n) is 4.47. The second-order valence-electron chi connectivity index (χ2n) is 3.20. The Kier molecular flexibility index (Phi) is 3.46. The zero-order valence-corrected chi connectivity index (χ0v) is 8.70. The van der Waals surface area contributed by atoms with Gasteiger partial charge in [-0.25, -0.2) is 4.79 Å². The summed E-state index contributed by atoms with van der Waals surface area (Å²) in [5, 5.41) is 0. The van der Waals surface area contributed by atoms with Crippen molar-refractivity contribution in [1.29, 1.82) is 0 Å². The topological polar surface area (TPSA) is 26.3 Å². The summed E-state index contributed by atoms with van der Waals surface area (Å²) in [7, 11) is 1.37. The SMILES string of the molecule is COC(=O)C=Cc1ccc(C)c(C)c1. The third-order valence-electron chi connectivity index (χ3n) is 2.14. The van der Waals surface area contributed by atoms with Crippen molar-refractivity contribution in [3.8, 4) is 0 Å². The molecular formula is C12H14O2.